The van der Waals surface area contributed by atoms with E-state index in [9.17, 15) is 8.42 Å². The highest BCUT2D eigenvalue weighted by Gasteiger charge is 2.21. The summed E-state index contributed by atoms with van der Waals surface area (Å²) >= 11 is 0. The molecule has 9 heteroatoms. The lowest BCUT2D eigenvalue weighted by Crippen LogP contribution is -2.26. The van der Waals surface area contributed by atoms with Gasteiger partial charge in [-0.1, -0.05) is 0 Å². The molecule has 0 bridgehead atoms. The molecule has 0 amide bonds. The van der Waals surface area contributed by atoms with Crippen LogP contribution in [0.15, 0.2) is 29.2 Å². The van der Waals surface area contributed by atoms with E-state index in [1.165, 1.54) is 20.3 Å². The van der Waals surface area contributed by atoms with Crippen molar-refractivity contribution in [1.29, 1.82) is 0 Å². The van der Waals surface area contributed by atoms with Crippen molar-refractivity contribution >= 4 is 16.0 Å². The molecule has 2 aromatic rings. The summed E-state index contributed by atoms with van der Waals surface area (Å²) < 4.78 is 38.5. The number of nitrogens with zero attached hydrogens (tertiary/aromatic N) is 3. The van der Waals surface area contributed by atoms with Gasteiger partial charge in [-0.2, -0.15) is 0 Å². The second-order valence-corrected chi connectivity index (χ2v) is 8.07. The molecule has 0 atom stereocenters. The Bertz CT molecular complexity index is 912. The standard InChI is InChI=1S/C18H24N4O4S/c1-13-10-14(21-18(20-13)22-8-4-5-9-22)12-19-27(23,24)17-11-15(25-2)6-7-16(17)26-3/h6-7,10-11,19H,4-5,8-9,12H2,1-3H3. The maximum absolute atomic E-state index is 12.8. The first-order valence-electron chi connectivity index (χ1n) is 8.74. The van der Waals surface area contributed by atoms with Crippen molar-refractivity contribution in [3.63, 3.8) is 0 Å². The number of aryl methyl sites for hydroxylation is 1. The van der Waals surface area contributed by atoms with Crippen LogP contribution in [-0.4, -0.2) is 45.7 Å². The summed E-state index contributed by atoms with van der Waals surface area (Å²) in [6, 6.07) is 6.43. The van der Waals surface area contributed by atoms with Crippen molar-refractivity contribution < 1.29 is 17.9 Å². The van der Waals surface area contributed by atoms with Gasteiger partial charge < -0.3 is 14.4 Å². The summed E-state index contributed by atoms with van der Waals surface area (Å²) in [5, 5.41) is 0. The molecule has 2 heterocycles. The van der Waals surface area contributed by atoms with Gasteiger partial charge in [0.2, 0.25) is 16.0 Å². The van der Waals surface area contributed by atoms with Gasteiger partial charge in [0.15, 0.2) is 0 Å². The number of benzene rings is 1. The SMILES string of the molecule is COc1ccc(OC)c(S(=O)(=O)NCc2cc(C)nc(N3CCCC3)n2)c1. The molecule has 1 aromatic carbocycles. The highest BCUT2D eigenvalue weighted by atomic mass is 32.2. The molecule has 1 aliphatic rings. The Hall–Kier alpha value is -2.39. The summed E-state index contributed by atoms with van der Waals surface area (Å²) in [6.07, 6.45) is 2.24. The fourth-order valence-corrected chi connectivity index (χ4v) is 4.19. The van der Waals surface area contributed by atoms with Gasteiger partial charge in [-0.05, 0) is 38.0 Å². The Labute approximate surface area is 159 Å². The lowest BCUT2D eigenvalue weighted by Gasteiger charge is -2.17. The lowest BCUT2D eigenvalue weighted by atomic mass is 10.3. The first kappa shape index (κ1) is 19.4. The minimum atomic E-state index is -3.81. The van der Waals surface area contributed by atoms with Crippen molar-refractivity contribution in [3.05, 3.63) is 35.7 Å². The van der Waals surface area contributed by atoms with Gasteiger partial charge in [-0.15, -0.1) is 0 Å². The van der Waals surface area contributed by atoms with Crippen LogP contribution in [0.25, 0.3) is 0 Å². The number of methoxy groups -OCH3 is 2. The molecule has 1 N–H and O–H groups in total. The van der Waals surface area contributed by atoms with Gasteiger partial charge in [0.1, 0.15) is 16.4 Å². The fraction of sp³-hybridized carbons (Fsp3) is 0.444. The minimum Gasteiger partial charge on any atom is -0.497 e. The van der Waals surface area contributed by atoms with Crippen LogP contribution in [0, 0.1) is 6.92 Å². The molecule has 1 saturated heterocycles. The van der Waals surface area contributed by atoms with Crippen LogP contribution in [-0.2, 0) is 16.6 Å². The molecule has 1 aromatic heterocycles. The number of ether oxygens (including phenoxy) is 2. The van der Waals surface area contributed by atoms with Crippen LogP contribution < -0.4 is 19.1 Å². The molecule has 0 aliphatic carbocycles. The van der Waals surface area contributed by atoms with Crippen LogP contribution in [0.1, 0.15) is 24.2 Å². The Morgan fingerprint density at radius 2 is 1.85 bits per heavy atom. The zero-order chi connectivity index (χ0) is 19.4. The van der Waals surface area contributed by atoms with Crippen LogP contribution in [0.2, 0.25) is 0 Å². The van der Waals surface area contributed by atoms with Gasteiger partial charge in [0.05, 0.1) is 26.5 Å². The highest BCUT2D eigenvalue weighted by molar-refractivity contribution is 7.89. The van der Waals surface area contributed by atoms with Crippen molar-refractivity contribution in [2.75, 3.05) is 32.2 Å². The fourth-order valence-electron chi connectivity index (χ4n) is 3.01. The van der Waals surface area contributed by atoms with Crippen molar-refractivity contribution in [1.82, 2.24) is 14.7 Å². The molecule has 1 fully saturated rings. The third kappa shape index (κ3) is 4.48. The minimum absolute atomic E-state index is 0.0231. The number of hydrogen-bond acceptors (Lipinski definition) is 7. The number of sulfonamides is 1. The van der Waals surface area contributed by atoms with Gasteiger partial charge in [0.25, 0.3) is 0 Å². The van der Waals surface area contributed by atoms with Crippen molar-refractivity contribution in [2.45, 2.75) is 31.2 Å². The molecule has 1 aliphatic heterocycles. The maximum Gasteiger partial charge on any atom is 0.244 e. The maximum atomic E-state index is 12.8. The predicted octanol–water partition coefficient (Wildman–Crippen LogP) is 1.88. The first-order chi connectivity index (χ1) is 12.9. The Kier molecular flexibility index (Phi) is 5.81. The van der Waals surface area contributed by atoms with Crippen LogP contribution in [0.3, 0.4) is 0 Å². The number of anilines is 1. The Morgan fingerprint density at radius 1 is 1.11 bits per heavy atom. The smallest absolute Gasteiger partial charge is 0.244 e. The zero-order valence-electron chi connectivity index (χ0n) is 15.7. The zero-order valence-corrected chi connectivity index (χ0v) is 16.5. The molecule has 146 valence electrons. The Morgan fingerprint density at radius 3 is 2.52 bits per heavy atom. The van der Waals surface area contributed by atoms with E-state index in [0.717, 1.165) is 31.6 Å². The summed E-state index contributed by atoms with van der Waals surface area (Å²) in [4.78, 5) is 11.1. The molecule has 0 spiro atoms. The molecular weight excluding hydrogens is 368 g/mol. The quantitative estimate of drug-likeness (QED) is 0.769. The van der Waals surface area contributed by atoms with E-state index in [1.54, 1.807) is 18.2 Å². The number of hydrogen-bond donors (Lipinski definition) is 1. The average Bonchev–Trinajstić information content (AvgIpc) is 3.20. The molecule has 0 radical (unpaired) electrons. The average molecular weight is 392 g/mol. The van der Waals surface area contributed by atoms with Crippen molar-refractivity contribution in [2.24, 2.45) is 0 Å². The third-order valence-corrected chi connectivity index (χ3v) is 5.81. The van der Waals surface area contributed by atoms with E-state index in [1.807, 2.05) is 6.92 Å². The predicted molar refractivity (Wildman–Crippen MR) is 102 cm³/mol. The second-order valence-electron chi connectivity index (χ2n) is 6.34. The Balaban J connectivity index is 1.81. The van der Waals surface area contributed by atoms with E-state index in [0.29, 0.717) is 17.4 Å². The summed E-state index contributed by atoms with van der Waals surface area (Å²) in [5.74, 6) is 1.34. The molecule has 0 unspecified atom stereocenters. The monoisotopic (exact) mass is 392 g/mol. The third-order valence-electron chi connectivity index (χ3n) is 4.39. The molecule has 3 rings (SSSR count). The van der Waals surface area contributed by atoms with Crippen LogP contribution in [0.4, 0.5) is 5.95 Å². The van der Waals surface area contributed by atoms with E-state index in [4.69, 9.17) is 9.47 Å². The first-order valence-corrected chi connectivity index (χ1v) is 10.2. The van der Waals surface area contributed by atoms with Crippen molar-refractivity contribution in [3.8, 4) is 11.5 Å². The lowest BCUT2D eigenvalue weighted by molar-refractivity contribution is 0.392. The topological polar surface area (TPSA) is 93.6 Å². The largest absolute Gasteiger partial charge is 0.497 e. The van der Waals surface area contributed by atoms with E-state index in [2.05, 4.69) is 19.6 Å². The molecular formula is C18H24N4O4S. The molecule has 27 heavy (non-hydrogen) atoms. The van der Waals surface area contributed by atoms with Gasteiger partial charge in [-0.3, -0.25) is 0 Å². The van der Waals surface area contributed by atoms with Gasteiger partial charge in [-0.25, -0.2) is 23.1 Å². The number of nitrogens with one attached hydrogen (secondary N) is 1. The molecule has 0 saturated carbocycles. The van der Waals surface area contributed by atoms with E-state index in [-0.39, 0.29) is 17.2 Å². The summed E-state index contributed by atoms with van der Waals surface area (Å²) in [7, 11) is -0.899. The number of aromatic nitrogens is 2. The van der Waals surface area contributed by atoms with E-state index < -0.39 is 10.0 Å². The van der Waals surface area contributed by atoms with Crippen LogP contribution in [0.5, 0.6) is 11.5 Å². The van der Waals surface area contributed by atoms with Gasteiger partial charge in [0, 0.05) is 24.8 Å². The summed E-state index contributed by atoms with van der Waals surface area (Å²) in [6.45, 7) is 3.79. The molecule has 8 nitrogen and oxygen atoms in total. The number of rotatable bonds is 7. The summed E-state index contributed by atoms with van der Waals surface area (Å²) in [5.41, 5.74) is 1.43. The normalized spacial score (nSPS) is 14.4. The van der Waals surface area contributed by atoms with Crippen LogP contribution >= 0.6 is 0 Å². The highest BCUT2D eigenvalue weighted by Crippen LogP contribution is 2.28. The van der Waals surface area contributed by atoms with Gasteiger partial charge >= 0.3 is 0 Å². The van der Waals surface area contributed by atoms with E-state index >= 15 is 0 Å². The second kappa shape index (κ2) is 8.10.